The molecule has 1 aliphatic rings. The molecule has 0 saturated heterocycles. The number of carbonyl (C=O) groups is 1. The van der Waals surface area contributed by atoms with Gasteiger partial charge in [-0.05, 0) is 38.5 Å². The van der Waals surface area contributed by atoms with Gasteiger partial charge >= 0.3 is 0 Å². The molecular weight excluding hydrogens is 200 g/mol. The number of hydrogen-bond acceptors (Lipinski definition) is 2. The van der Waals surface area contributed by atoms with E-state index in [-0.39, 0.29) is 5.91 Å². The molecular formula is C13H24N2O. The fourth-order valence-corrected chi connectivity index (χ4v) is 1.77. The van der Waals surface area contributed by atoms with Gasteiger partial charge in [0.1, 0.15) is 0 Å². The summed E-state index contributed by atoms with van der Waals surface area (Å²) in [4.78, 5) is 11.5. The van der Waals surface area contributed by atoms with Gasteiger partial charge in [-0.25, -0.2) is 0 Å². The van der Waals surface area contributed by atoms with E-state index in [1.54, 1.807) is 0 Å². The zero-order valence-electron chi connectivity index (χ0n) is 10.5. The van der Waals surface area contributed by atoms with Crippen LogP contribution in [-0.4, -0.2) is 25.0 Å². The lowest BCUT2D eigenvalue weighted by Gasteiger charge is -2.18. The smallest absolute Gasteiger partial charge is 0.233 e. The molecule has 0 aliphatic heterocycles. The minimum absolute atomic E-state index is 0.120. The lowest BCUT2D eigenvalue weighted by atomic mass is 9.94. The fraction of sp³-hybridized carbons (Fsp3) is 0.769. The Morgan fingerprint density at radius 2 is 2.31 bits per heavy atom. The van der Waals surface area contributed by atoms with Crippen molar-refractivity contribution in [2.75, 3.05) is 13.1 Å². The summed E-state index contributed by atoms with van der Waals surface area (Å²) < 4.78 is 0. The van der Waals surface area contributed by atoms with Gasteiger partial charge in [-0.15, -0.1) is 0 Å². The first-order chi connectivity index (χ1) is 7.72. The normalized spacial score (nSPS) is 21.8. The molecule has 0 heterocycles. The maximum atomic E-state index is 11.5. The Bertz CT molecular complexity index is 238. The maximum Gasteiger partial charge on any atom is 0.233 e. The maximum absolute atomic E-state index is 11.5. The molecule has 1 amide bonds. The molecule has 2 atom stereocenters. The first kappa shape index (κ1) is 13.2. The van der Waals surface area contributed by atoms with Crippen molar-refractivity contribution in [2.45, 2.75) is 45.6 Å². The molecule has 3 nitrogen and oxygen atoms in total. The summed E-state index contributed by atoms with van der Waals surface area (Å²) in [5, 5.41) is 6.19. The van der Waals surface area contributed by atoms with Gasteiger partial charge in [0.15, 0.2) is 0 Å². The van der Waals surface area contributed by atoms with Crippen LogP contribution in [0.25, 0.3) is 0 Å². The molecule has 0 spiro atoms. The van der Waals surface area contributed by atoms with Gasteiger partial charge in [0.2, 0.25) is 5.91 Å². The van der Waals surface area contributed by atoms with Crippen molar-refractivity contribution < 1.29 is 4.79 Å². The molecule has 16 heavy (non-hydrogen) atoms. The Kier molecular flexibility index (Phi) is 6.16. The SMILES string of the molecule is CCC(C)NCC(=O)NCC1CC=CCC1. The number of carbonyl (C=O) groups excluding carboxylic acids is 1. The second kappa shape index (κ2) is 7.44. The van der Waals surface area contributed by atoms with E-state index in [0.717, 1.165) is 25.8 Å². The third-order valence-electron chi connectivity index (χ3n) is 3.19. The third-order valence-corrected chi connectivity index (χ3v) is 3.19. The quantitative estimate of drug-likeness (QED) is 0.676. The van der Waals surface area contributed by atoms with E-state index in [9.17, 15) is 4.79 Å². The second-order valence-corrected chi connectivity index (χ2v) is 4.64. The first-order valence-electron chi connectivity index (χ1n) is 6.37. The van der Waals surface area contributed by atoms with Crippen LogP contribution in [0.5, 0.6) is 0 Å². The van der Waals surface area contributed by atoms with Gasteiger partial charge in [-0.3, -0.25) is 4.79 Å². The molecule has 2 N–H and O–H groups in total. The minimum Gasteiger partial charge on any atom is -0.355 e. The van der Waals surface area contributed by atoms with Crippen molar-refractivity contribution in [3.63, 3.8) is 0 Å². The standard InChI is InChI=1S/C13H24N2O/c1-3-11(2)14-10-13(16)15-9-12-7-5-4-6-8-12/h4-5,11-12,14H,3,6-10H2,1-2H3,(H,15,16). The van der Waals surface area contributed by atoms with Gasteiger partial charge < -0.3 is 10.6 Å². The van der Waals surface area contributed by atoms with Crippen LogP contribution in [-0.2, 0) is 4.79 Å². The summed E-state index contributed by atoms with van der Waals surface area (Å²) in [6.45, 7) is 5.48. The van der Waals surface area contributed by atoms with Gasteiger partial charge in [-0.2, -0.15) is 0 Å². The molecule has 92 valence electrons. The molecule has 0 bridgehead atoms. The molecule has 0 fully saturated rings. The fourth-order valence-electron chi connectivity index (χ4n) is 1.77. The highest BCUT2D eigenvalue weighted by molar-refractivity contribution is 5.77. The number of allylic oxidation sites excluding steroid dienone is 2. The molecule has 1 rings (SSSR count). The van der Waals surface area contributed by atoms with Crippen LogP contribution in [0.2, 0.25) is 0 Å². The predicted molar refractivity (Wildman–Crippen MR) is 67.2 cm³/mol. The van der Waals surface area contributed by atoms with E-state index in [0.29, 0.717) is 18.5 Å². The summed E-state index contributed by atoms with van der Waals surface area (Å²) in [6, 6.07) is 0.420. The summed E-state index contributed by atoms with van der Waals surface area (Å²) >= 11 is 0. The van der Waals surface area contributed by atoms with Gasteiger partial charge in [-0.1, -0.05) is 19.1 Å². The van der Waals surface area contributed by atoms with E-state index < -0.39 is 0 Å². The van der Waals surface area contributed by atoms with E-state index in [1.165, 1.54) is 6.42 Å². The Balaban J connectivity index is 2.07. The molecule has 2 unspecified atom stereocenters. The molecule has 0 aromatic carbocycles. The lowest BCUT2D eigenvalue weighted by Crippen LogP contribution is -2.39. The first-order valence-corrected chi connectivity index (χ1v) is 6.37. The van der Waals surface area contributed by atoms with Gasteiger partial charge in [0, 0.05) is 12.6 Å². The zero-order chi connectivity index (χ0) is 11.8. The lowest BCUT2D eigenvalue weighted by molar-refractivity contribution is -0.120. The van der Waals surface area contributed by atoms with Crippen molar-refractivity contribution in [2.24, 2.45) is 5.92 Å². The number of nitrogens with one attached hydrogen (secondary N) is 2. The highest BCUT2D eigenvalue weighted by atomic mass is 16.1. The van der Waals surface area contributed by atoms with E-state index in [4.69, 9.17) is 0 Å². The highest BCUT2D eigenvalue weighted by Gasteiger charge is 2.11. The van der Waals surface area contributed by atoms with Crippen molar-refractivity contribution in [1.82, 2.24) is 10.6 Å². The van der Waals surface area contributed by atoms with Crippen LogP contribution < -0.4 is 10.6 Å². The molecule has 0 saturated carbocycles. The van der Waals surface area contributed by atoms with Crippen molar-refractivity contribution in [1.29, 1.82) is 0 Å². The van der Waals surface area contributed by atoms with E-state index in [2.05, 4.69) is 36.6 Å². The number of rotatable bonds is 6. The van der Waals surface area contributed by atoms with Crippen LogP contribution in [0.15, 0.2) is 12.2 Å². The van der Waals surface area contributed by atoms with Crippen LogP contribution in [0.1, 0.15) is 39.5 Å². The van der Waals surface area contributed by atoms with Gasteiger partial charge in [0.05, 0.1) is 6.54 Å². The molecule has 1 aliphatic carbocycles. The number of hydrogen-bond donors (Lipinski definition) is 2. The van der Waals surface area contributed by atoms with E-state index >= 15 is 0 Å². The second-order valence-electron chi connectivity index (χ2n) is 4.64. The van der Waals surface area contributed by atoms with Crippen LogP contribution in [0.3, 0.4) is 0 Å². The molecule has 0 aromatic rings. The third kappa shape index (κ3) is 5.31. The van der Waals surface area contributed by atoms with Crippen LogP contribution >= 0.6 is 0 Å². The van der Waals surface area contributed by atoms with Crippen LogP contribution in [0.4, 0.5) is 0 Å². The van der Waals surface area contributed by atoms with Crippen molar-refractivity contribution >= 4 is 5.91 Å². The van der Waals surface area contributed by atoms with Crippen molar-refractivity contribution in [3.05, 3.63) is 12.2 Å². The summed E-state index contributed by atoms with van der Waals surface area (Å²) in [7, 11) is 0. The largest absolute Gasteiger partial charge is 0.355 e. The Morgan fingerprint density at radius 3 is 2.94 bits per heavy atom. The Labute approximate surface area is 98.7 Å². The highest BCUT2D eigenvalue weighted by Crippen LogP contribution is 2.16. The van der Waals surface area contributed by atoms with Crippen LogP contribution in [0, 0.1) is 5.92 Å². The predicted octanol–water partition coefficient (Wildman–Crippen LogP) is 1.85. The Morgan fingerprint density at radius 1 is 1.50 bits per heavy atom. The molecule has 3 heteroatoms. The van der Waals surface area contributed by atoms with Gasteiger partial charge in [0.25, 0.3) is 0 Å². The summed E-state index contributed by atoms with van der Waals surface area (Å²) in [5.41, 5.74) is 0. The zero-order valence-corrected chi connectivity index (χ0v) is 10.5. The Hall–Kier alpha value is -0.830. The topological polar surface area (TPSA) is 41.1 Å². The summed E-state index contributed by atoms with van der Waals surface area (Å²) in [6.07, 6.45) is 8.97. The van der Waals surface area contributed by atoms with E-state index in [1.807, 2.05) is 0 Å². The average molecular weight is 224 g/mol. The minimum atomic E-state index is 0.120. The molecule has 0 radical (unpaired) electrons. The monoisotopic (exact) mass is 224 g/mol. The average Bonchev–Trinajstić information content (AvgIpc) is 2.34. The molecule has 0 aromatic heterocycles. The van der Waals surface area contributed by atoms with Crippen molar-refractivity contribution in [3.8, 4) is 0 Å². The number of amides is 1. The summed E-state index contributed by atoms with van der Waals surface area (Å²) in [5.74, 6) is 0.757.